The molecule has 1 aliphatic heterocycles. The number of hydrogen-bond acceptors (Lipinski definition) is 4. The summed E-state index contributed by atoms with van der Waals surface area (Å²) in [7, 11) is -0.733. The summed E-state index contributed by atoms with van der Waals surface area (Å²) in [5.74, 6) is 0.555. The van der Waals surface area contributed by atoms with Gasteiger partial charge in [-0.15, -0.1) is 0 Å². The molecule has 1 atom stereocenters. The first-order chi connectivity index (χ1) is 13.9. The van der Waals surface area contributed by atoms with Gasteiger partial charge >= 0.3 is 0 Å². The first-order valence-electron chi connectivity index (χ1n) is 9.92. The zero-order valence-corrected chi connectivity index (χ0v) is 18.0. The number of piperidine rings is 1. The largest absolute Gasteiger partial charge is 0.497 e. The second kappa shape index (κ2) is 8.86. The zero-order valence-electron chi connectivity index (χ0n) is 17.2. The van der Waals surface area contributed by atoms with Crippen molar-refractivity contribution >= 4 is 21.6 Å². The van der Waals surface area contributed by atoms with Gasteiger partial charge in [0, 0.05) is 25.2 Å². The van der Waals surface area contributed by atoms with E-state index in [2.05, 4.69) is 6.92 Å². The second-order valence-electron chi connectivity index (χ2n) is 7.25. The Hall–Kier alpha value is -2.54. The second-order valence-corrected chi connectivity index (χ2v) is 9.22. The standard InChI is InChI=1S/C22H28N2O4S/c1-4-18-9-5-6-15-24(18)22(25)17-8-7-10-21(16-17)29(26,27)23(2)19-11-13-20(28-3)14-12-19/h7-8,10-14,16,18H,4-6,9,15H2,1-3H3. The summed E-state index contributed by atoms with van der Waals surface area (Å²) < 4.78 is 32.6. The van der Waals surface area contributed by atoms with Crippen LogP contribution in [0, 0.1) is 0 Å². The van der Waals surface area contributed by atoms with Crippen molar-refractivity contribution in [2.45, 2.75) is 43.5 Å². The molecule has 0 N–H and O–H groups in total. The SMILES string of the molecule is CCC1CCCCN1C(=O)c1cccc(S(=O)(=O)N(C)c2ccc(OC)cc2)c1. The summed E-state index contributed by atoms with van der Waals surface area (Å²) in [6, 6.07) is 13.3. The number of nitrogens with zero attached hydrogens (tertiary/aromatic N) is 2. The average molecular weight is 417 g/mol. The molecule has 1 fully saturated rings. The summed E-state index contributed by atoms with van der Waals surface area (Å²) >= 11 is 0. The van der Waals surface area contributed by atoms with Gasteiger partial charge in [-0.3, -0.25) is 9.10 Å². The molecular formula is C22H28N2O4S. The van der Waals surface area contributed by atoms with E-state index in [0.29, 0.717) is 17.0 Å². The van der Waals surface area contributed by atoms with Crippen LogP contribution in [-0.2, 0) is 10.0 Å². The molecule has 3 rings (SSSR count). The van der Waals surface area contributed by atoms with Crippen LogP contribution in [0.2, 0.25) is 0 Å². The highest BCUT2D eigenvalue weighted by Crippen LogP contribution is 2.26. The van der Waals surface area contributed by atoms with E-state index in [1.165, 1.54) is 23.5 Å². The molecule has 7 heteroatoms. The molecule has 0 bridgehead atoms. The maximum Gasteiger partial charge on any atom is 0.264 e. The van der Waals surface area contributed by atoms with Crippen molar-refractivity contribution in [3.8, 4) is 5.75 Å². The molecule has 0 aromatic heterocycles. The fourth-order valence-electron chi connectivity index (χ4n) is 3.74. The van der Waals surface area contributed by atoms with Crippen LogP contribution in [0.25, 0.3) is 0 Å². The summed E-state index contributed by atoms with van der Waals surface area (Å²) in [4.78, 5) is 15.1. The van der Waals surface area contributed by atoms with Crippen LogP contribution in [0.3, 0.4) is 0 Å². The van der Waals surface area contributed by atoms with E-state index in [0.717, 1.165) is 32.2 Å². The molecule has 2 aromatic rings. The zero-order chi connectivity index (χ0) is 21.0. The Labute approximate surface area is 173 Å². The van der Waals surface area contributed by atoms with Crippen molar-refractivity contribution in [2.24, 2.45) is 0 Å². The molecule has 0 aliphatic carbocycles. The Morgan fingerprint density at radius 3 is 2.55 bits per heavy atom. The van der Waals surface area contributed by atoms with Gasteiger partial charge in [-0.2, -0.15) is 0 Å². The van der Waals surface area contributed by atoms with E-state index >= 15 is 0 Å². The van der Waals surface area contributed by atoms with E-state index < -0.39 is 10.0 Å². The van der Waals surface area contributed by atoms with Gasteiger partial charge < -0.3 is 9.64 Å². The summed E-state index contributed by atoms with van der Waals surface area (Å²) in [5, 5.41) is 0. The van der Waals surface area contributed by atoms with Crippen LogP contribution < -0.4 is 9.04 Å². The highest BCUT2D eigenvalue weighted by atomic mass is 32.2. The van der Waals surface area contributed by atoms with Crippen LogP contribution in [0.5, 0.6) is 5.75 Å². The molecule has 1 saturated heterocycles. The predicted octanol–water partition coefficient (Wildman–Crippen LogP) is 3.93. The third-order valence-corrected chi connectivity index (χ3v) is 7.32. The van der Waals surface area contributed by atoms with Gasteiger partial charge in [0.2, 0.25) is 0 Å². The number of amides is 1. The number of benzene rings is 2. The lowest BCUT2D eigenvalue weighted by molar-refractivity contribution is 0.0608. The first-order valence-corrected chi connectivity index (χ1v) is 11.4. The third kappa shape index (κ3) is 4.40. The normalized spacial score (nSPS) is 17.1. The van der Waals surface area contributed by atoms with Gasteiger partial charge in [0.15, 0.2) is 0 Å². The Balaban J connectivity index is 1.87. The van der Waals surface area contributed by atoms with Crippen LogP contribution in [0.1, 0.15) is 43.0 Å². The van der Waals surface area contributed by atoms with Crippen molar-refractivity contribution in [1.82, 2.24) is 4.90 Å². The molecule has 1 amide bonds. The fourth-order valence-corrected chi connectivity index (χ4v) is 4.98. The Morgan fingerprint density at radius 1 is 1.17 bits per heavy atom. The maximum atomic E-state index is 13.1. The van der Waals surface area contributed by atoms with E-state index in [-0.39, 0.29) is 16.8 Å². The number of sulfonamides is 1. The molecule has 1 aliphatic rings. The fraction of sp³-hybridized carbons (Fsp3) is 0.409. The predicted molar refractivity (Wildman–Crippen MR) is 114 cm³/mol. The molecule has 2 aromatic carbocycles. The maximum absolute atomic E-state index is 13.1. The molecule has 0 radical (unpaired) electrons. The highest BCUT2D eigenvalue weighted by Gasteiger charge is 2.28. The monoisotopic (exact) mass is 416 g/mol. The average Bonchev–Trinajstić information content (AvgIpc) is 2.78. The van der Waals surface area contributed by atoms with Crippen LogP contribution >= 0.6 is 0 Å². The van der Waals surface area contributed by atoms with Crippen molar-refractivity contribution < 1.29 is 17.9 Å². The van der Waals surface area contributed by atoms with Gasteiger partial charge in [-0.1, -0.05) is 13.0 Å². The van der Waals surface area contributed by atoms with Crippen LogP contribution in [0.15, 0.2) is 53.4 Å². The smallest absolute Gasteiger partial charge is 0.264 e. The minimum Gasteiger partial charge on any atom is -0.497 e. The Bertz CT molecular complexity index is 957. The van der Waals surface area contributed by atoms with Crippen molar-refractivity contribution in [3.05, 3.63) is 54.1 Å². The number of hydrogen-bond donors (Lipinski definition) is 0. The lowest BCUT2D eigenvalue weighted by atomic mass is 9.99. The van der Waals surface area contributed by atoms with Gasteiger partial charge in [0.05, 0.1) is 17.7 Å². The molecule has 1 unspecified atom stereocenters. The van der Waals surface area contributed by atoms with Gasteiger partial charge in [-0.05, 0) is 68.1 Å². The number of rotatable bonds is 6. The molecule has 29 heavy (non-hydrogen) atoms. The topological polar surface area (TPSA) is 66.9 Å². The molecular weight excluding hydrogens is 388 g/mol. The number of carbonyl (C=O) groups is 1. The van der Waals surface area contributed by atoms with E-state index in [1.54, 1.807) is 43.5 Å². The lowest BCUT2D eigenvalue weighted by Crippen LogP contribution is -2.43. The van der Waals surface area contributed by atoms with Gasteiger partial charge in [0.1, 0.15) is 5.75 Å². The minimum absolute atomic E-state index is 0.0966. The Morgan fingerprint density at radius 2 is 1.90 bits per heavy atom. The van der Waals surface area contributed by atoms with Crippen molar-refractivity contribution in [3.63, 3.8) is 0 Å². The summed E-state index contributed by atoms with van der Waals surface area (Å²) in [6.45, 7) is 2.81. The molecule has 0 spiro atoms. The van der Waals surface area contributed by atoms with E-state index in [9.17, 15) is 13.2 Å². The molecule has 6 nitrogen and oxygen atoms in total. The van der Waals surface area contributed by atoms with Crippen molar-refractivity contribution in [2.75, 3.05) is 25.0 Å². The van der Waals surface area contributed by atoms with E-state index in [1.807, 2.05) is 4.90 Å². The van der Waals surface area contributed by atoms with Crippen LogP contribution in [-0.4, -0.2) is 46.0 Å². The summed E-state index contributed by atoms with van der Waals surface area (Å²) in [5.41, 5.74) is 0.930. The quantitative estimate of drug-likeness (QED) is 0.716. The van der Waals surface area contributed by atoms with Crippen LogP contribution in [0.4, 0.5) is 5.69 Å². The number of ether oxygens (including phenoxy) is 1. The molecule has 1 heterocycles. The summed E-state index contributed by atoms with van der Waals surface area (Å²) in [6.07, 6.45) is 4.02. The number of methoxy groups -OCH3 is 1. The number of likely N-dealkylation sites (tertiary alicyclic amines) is 1. The minimum atomic E-state index is -3.80. The first kappa shape index (κ1) is 21.2. The number of anilines is 1. The highest BCUT2D eigenvalue weighted by molar-refractivity contribution is 7.92. The third-order valence-electron chi connectivity index (χ3n) is 5.53. The molecule has 0 saturated carbocycles. The van der Waals surface area contributed by atoms with Gasteiger partial charge in [0.25, 0.3) is 15.9 Å². The van der Waals surface area contributed by atoms with E-state index in [4.69, 9.17) is 4.74 Å². The Kier molecular flexibility index (Phi) is 6.47. The van der Waals surface area contributed by atoms with Crippen molar-refractivity contribution in [1.29, 1.82) is 0 Å². The lowest BCUT2D eigenvalue weighted by Gasteiger charge is -2.35. The number of carbonyl (C=O) groups excluding carboxylic acids is 1. The van der Waals surface area contributed by atoms with Gasteiger partial charge in [-0.25, -0.2) is 8.42 Å². The molecule has 156 valence electrons.